The van der Waals surface area contributed by atoms with Crippen LogP contribution in [-0.2, 0) is 16.1 Å². The number of carbonyl (C=O) groups excluding carboxylic acids is 1. The lowest BCUT2D eigenvalue weighted by Crippen LogP contribution is -2.07. The van der Waals surface area contributed by atoms with Crippen LogP contribution in [0, 0.1) is 0 Å². The highest BCUT2D eigenvalue weighted by Crippen LogP contribution is 2.32. The van der Waals surface area contributed by atoms with Crippen LogP contribution in [0.1, 0.15) is 0 Å². The molecular formula is C25H25N5O4. The average Bonchev–Trinajstić information content (AvgIpc) is 3.27. The maximum atomic E-state index is 11.6. The van der Waals surface area contributed by atoms with Gasteiger partial charge in [0.25, 0.3) is 5.88 Å². The van der Waals surface area contributed by atoms with Crippen molar-refractivity contribution in [2.45, 2.75) is 6.54 Å². The molecule has 0 atom stereocenters. The molecule has 0 aliphatic heterocycles. The molecule has 0 unspecified atom stereocenters. The zero-order chi connectivity index (χ0) is 23.9. The molecule has 4 aromatic rings. The molecule has 34 heavy (non-hydrogen) atoms. The molecule has 0 saturated carbocycles. The van der Waals surface area contributed by atoms with Crippen molar-refractivity contribution in [2.24, 2.45) is 0 Å². The third kappa shape index (κ3) is 5.16. The third-order valence-corrected chi connectivity index (χ3v) is 5.04. The molecule has 0 fully saturated rings. The molecule has 0 bridgehead atoms. The Labute approximate surface area is 197 Å². The van der Waals surface area contributed by atoms with Crippen molar-refractivity contribution in [3.8, 4) is 17.4 Å². The molecule has 9 heteroatoms. The molecule has 2 N–H and O–H groups in total. The summed E-state index contributed by atoms with van der Waals surface area (Å²) in [5, 5.41) is 7.00. The first kappa shape index (κ1) is 22.8. The monoisotopic (exact) mass is 459 g/mol. The summed E-state index contributed by atoms with van der Waals surface area (Å²) in [6, 6.07) is 15.0. The van der Waals surface area contributed by atoms with E-state index in [0.717, 1.165) is 23.1 Å². The van der Waals surface area contributed by atoms with E-state index in [4.69, 9.17) is 14.2 Å². The predicted octanol–water partition coefficient (Wildman–Crippen LogP) is 4.75. The Morgan fingerprint density at radius 3 is 2.82 bits per heavy atom. The molecule has 2 aromatic carbocycles. The highest BCUT2D eigenvalue weighted by Gasteiger charge is 2.13. The summed E-state index contributed by atoms with van der Waals surface area (Å²) in [5.41, 5.74) is 2.50. The Morgan fingerprint density at radius 2 is 2.03 bits per heavy atom. The standard InChI is InChI=1S/C25H25N5O4/c1-4-23(31)27-17-7-5-8-18(15-17)34-24-22(33-3)16-26-25(29-24)28-20-9-6-10-21-19(20)11-12-30(21)13-14-32-2/h4-12,15-16H,1,13-14H2,2-3H3,(H,27,31)(H,26,28,29). The number of rotatable bonds is 10. The van der Waals surface area contributed by atoms with Crippen LogP contribution in [0.2, 0.25) is 0 Å². The fourth-order valence-electron chi connectivity index (χ4n) is 3.41. The second-order valence-electron chi connectivity index (χ2n) is 7.26. The number of amides is 1. The number of hydrogen-bond donors (Lipinski definition) is 2. The van der Waals surface area contributed by atoms with Crippen LogP contribution in [-0.4, -0.2) is 41.3 Å². The zero-order valence-corrected chi connectivity index (χ0v) is 18.9. The predicted molar refractivity (Wildman–Crippen MR) is 131 cm³/mol. The zero-order valence-electron chi connectivity index (χ0n) is 18.9. The minimum absolute atomic E-state index is 0.233. The van der Waals surface area contributed by atoms with Gasteiger partial charge in [0.2, 0.25) is 11.9 Å². The van der Waals surface area contributed by atoms with Crippen LogP contribution in [0.25, 0.3) is 10.9 Å². The number of fused-ring (bicyclic) bond motifs is 1. The van der Waals surface area contributed by atoms with E-state index in [0.29, 0.717) is 29.7 Å². The summed E-state index contributed by atoms with van der Waals surface area (Å²) >= 11 is 0. The molecule has 0 aliphatic carbocycles. The summed E-state index contributed by atoms with van der Waals surface area (Å²) < 4.78 is 18.7. The third-order valence-electron chi connectivity index (χ3n) is 5.04. The summed E-state index contributed by atoms with van der Waals surface area (Å²) in [7, 11) is 3.20. The number of aromatic nitrogens is 3. The van der Waals surface area contributed by atoms with Gasteiger partial charge in [-0.3, -0.25) is 4.79 Å². The molecule has 174 valence electrons. The van der Waals surface area contributed by atoms with Gasteiger partial charge in [-0.15, -0.1) is 0 Å². The molecule has 1 amide bonds. The Bertz CT molecular complexity index is 1320. The quantitative estimate of drug-likeness (QED) is 0.330. The van der Waals surface area contributed by atoms with E-state index in [9.17, 15) is 4.79 Å². The average molecular weight is 460 g/mol. The van der Waals surface area contributed by atoms with Gasteiger partial charge in [0.1, 0.15) is 5.75 Å². The van der Waals surface area contributed by atoms with Gasteiger partial charge in [0, 0.05) is 37.0 Å². The molecule has 4 rings (SSSR count). The van der Waals surface area contributed by atoms with Crippen LogP contribution in [0.4, 0.5) is 17.3 Å². The minimum Gasteiger partial charge on any atom is -0.490 e. The van der Waals surface area contributed by atoms with E-state index in [2.05, 4.69) is 37.8 Å². The van der Waals surface area contributed by atoms with Crippen LogP contribution in [0.15, 0.2) is 73.6 Å². The number of ether oxygens (including phenoxy) is 3. The lowest BCUT2D eigenvalue weighted by Gasteiger charge is -2.13. The topological polar surface area (TPSA) is 99.5 Å². The van der Waals surface area contributed by atoms with Gasteiger partial charge >= 0.3 is 0 Å². The number of benzene rings is 2. The van der Waals surface area contributed by atoms with Gasteiger partial charge in [0.05, 0.1) is 31.1 Å². The molecule has 0 aliphatic rings. The highest BCUT2D eigenvalue weighted by molar-refractivity contribution is 5.99. The van der Waals surface area contributed by atoms with Crippen molar-refractivity contribution in [3.05, 3.63) is 73.6 Å². The van der Waals surface area contributed by atoms with Gasteiger partial charge in [-0.25, -0.2) is 4.98 Å². The number of anilines is 3. The van der Waals surface area contributed by atoms with E-state index in [1.54, 1.807) is 31.4 Å². The van der Waals surface area contributed by atoms with E-state index in [-0.39, 0.29) is 11.8 Å². The lowest BCUT2D eigenvalue weighted by molar-refractivity contribution is -0.111. The van der Waals surface area contributed by atoms with Crippen LogP contribution >= 0.6 is 0 Å². The van der Waals surface area contributed by atoms with E-state index in [1.807, 2.05) is 24.4 Å². The SMILES string of the molecule is C=CC(=O)Nc1cccc(Oc2nc(Nc3cccc4c3ccn4CCOC)ncc2OC)c1. The number of nitrogens with zero attached hydrogens (tertiary/aromatic N) is 3. The van der Waals surface area contributed by atoms with Crippen molar-refractivity contribution < 1.29 is 19.0 Å². The summed E-state index contributed by atoms with van der Waals surface area (Å²) in [6.07, 6.45) is 4.76. The summed E-state index contributed by atoms with van der Waals surface area (Å²) in [5.74, 6) is 1.12. The van der Waals surface area contributed by atoms with Crippen molar-refractivity contribution in [1.29, 1.82) is 0 Å². The Hall–Kier alpha value is -4.37. The van der Waals surface area contributed by atoms with Gasteiger partial charge in [0.15, 0.2) is 5.75 Å². The van der Waals surface area contributed by atoms with Crippen LogP contribution < -0.4 is 20.1 Å². The first-order valence-electron chi connectivity index (χ1n) is 10.6. The lowest BCUT2D eigenvalue weighted by atomic mass is 10.2. The smallest absolute Gasteiger partial charge is 0.267 e. The van der Waals surface area contributed by atoms with E-state index in [1.165, 1.54) is 19.4 Å². The van der Waals surface area contributed by atoms with E-state index >= 15 is 0 Å². The van der Waals surface area contributed by atoms with Crippen molar-refractivity contribution in [3.63, 3.8) is 0 Å². The van der Waals surface area contributed by atoms with Crippen LogP contribution in [0.3, 0.4) is 0 Å². The Kier molecular flexibility index (Phi) is 7.04. The fraction of sp³-hybridized carbons (Fsp3) is 0.160. The second kappa shape index (κ2) is 10.5. The summed E-state index contributed by atoms with van der Waals surface area (Å²) in [6.45, 7) is 4.84. The molecule has 0 saturated heterocycles. The first-order chi connectivity index (χ1) is 16.6. The van der Waals surface area contributed by atoms with Crippen LogP contribution in [0.5, 0.6) is 17.4 Å². The number of methoxy groups -OCH3 is 2. The Balaban J connectivity index is 1.59. The van der Waals surface area contributed by atoms with Gasteiger partial charge in [-0.1, -0.05) is 18.7 Å². The van der Waals surface area contributed by atoms with Crippen molar-refractivity contribution in [2.75, 3.05) is 31.5 Å². The summed E-state index contributed by atoms with van der Waals surface area (Å²) in [4.78, 5) is 20.4. The maximum absolute atomic E-state index is 11.6. The molecule has 9 nitrogen and oxygen atoms in total. The number of carbonyl (C=O) groups is 1. The van der Waals surface area contributed by atoms with E-state index < -0.39 is 0 Å². The normalized spacial score (nSPS) is 10.6. The minimum atomic E-state index is -0.312. The largest absolute Gasteiger partial charge is 0.490 e. The highest BCUT2D eigenvalue weighted by atomic mass is 16.5. The molecule has 2 heterocycles. The van der Waals surface area contributed by atoms with Gasteiger partial charge in [-0.2, -0.15) is 4.98 Å². The number of hydrogen-bond acceptors (Lipinski definition) is 7. The molecule has 0 radical (unpaired) electrons. The molecule has 0 spiro atoms. The maximum Gasteiger partial charge on any atom is 0.267 e. The van der Waals surface area contributed by atoms with Crippen molar-refractivity contribution in [1.82, 2.24) is 14.5 Å². The molecule has 2 aromatic heterocycles. The molecular weight excluding hydrogens is 434 g/mol. The fourth-order valence-corrected chi connectivity index (χ4v) is 3.41. The number of nitrogens with one attached hydrogen (secondary N) is 2. The Morgan fingerprint density at radius 1 is 1.18 bits per heavy atom. The first-order valence-corrected chi connectivity index (χ1v) is 10.6. The second-order valence-corrected chi connectivity index (χ2v) is 7.26. The van der Waals surface area contributed by atoms with Gasteiger partial charge < -0.3 is 29.4 Å². The van der Waals surface area contributed by atoms with Gasteiger partial charge in [-0.05, 0) is 36.4 Å². The van der Waals surface area contributed by atoms with Crippen molar-refractivity contribution >= 4 is 34.1 Å².